The van der Waals surface area contributed by atoms with Crippen LogP contribution in [0, 0.1) is 5.82 Å². The summed E-state index contributed by atoms with van der Waals surface area (Å²) in [5, 5.41) is 0. The Kier molecular flexibility index (Phi) is 2.78. The molecule has 1 unspecified atom stereocenters. The highest BCUT2D eigenvalue weighted by Gasteiger charge is 2.08. The van der Waals surface area contributed by atoms with Gasteiger partial charge in [-0.15, -0.1) is 0 Å². The molecule has 1 aromatic heterocycles. The number of rotatable bonds is 3. The van der Waals surface area contributed by atoms with Crippen LogP contribution in [0.5, 0.6) is 0 Å². The van der Waals surface area contributed by atoms with Crippen molar-refractivity contribution in [1.29, 1.82) is 0 Å². The molecular formula is C11H12FN3. The number of H-pyrrole nitrogens is 1. The lowest BCUT2D eigenvalue weighted by atomic mass is 10.0. The standard InChI is InChI=1S/C11H12FN3/c12-9-3-1-8(2-4-9)10(13)7-11-14-5-6-15-11/h1-6,10H,7,13H2,(H,14,15). The second-order valence-corrected chi connectivity index (χ2v) is 3.40. The molecule has 3 N–H and O–H groups in total. The highest BCUT2D eigenvalue weighted by Crippen LogP contribution is 2.14. The molecule has 0 fully saturated rings. The largest absolute Gasteiger partial charge is 0.349 e. The van der Waals surface area contributed by atoms with E-state index in [1.807, 2.05) is 0 Å². The average Bonchev–Trinajstić information content (AvgIpc) is 2.71. The number of nitrogens with one attached hydrogen (secondary N) is 1. The highest BCUT2D eigenvalue weighted by molar-refractivity contribution is 5.20. The SMILES string of the molecule is NC(Cc1ncc[nH]1)c1ccc(F)cc1. The lowest BCUT2D eigenvalue weighted by molar-refractivity contribution is 0.623. The fourth-order valence-corrected chi connectivity index (χ4v) is 1.45. The maximum Gasteiger partial charge on any atom is 0.123 e. The van der Waals surface area contributed by atoms with E-state index in [9.17, 15) is 4.39 Å². The van der Waals surface area contributed by atoms with Crippen molar-refractivity contribution in [2.45, 2.75) is 12.5 Å². The molecule has 2 aromatic rings. The highest BCUT2D eigenvalue weighted by atomic mass is 19.1. The van der Waals surface area contributed by atoms with Crippen LogP contribution in [-0.4, -0.2) is 9.97 Å². The predicted octanol–water partition coefficient (Wildman–Crippen LogP) is 1.79. The number of aromatic amines is 1. The molecule has 0 aliphatic rings. The summed E-state index contributed by atoms with van der Waals surface area (Å²) in [6, 6.07) is 6.07. The molecular weight excluding hydrogens is 193 g/mol. The number of hydrogen-bond acceptors (Lipinski definition) is 2. The Hall–Kier alpha value is -1.68. The molecule has 0 aliphatic heterocycles. The topological polar surface area (TPSA) is 54.7 Å². The predicted molar refractivity (Wildman–Crippen MR) is 55.6 cm³/mol. The molecule has 0 radical (unpaired) electrons. The summed E-state index contributed by atoms with van der Waals surface area (Å²) >= 11 is 0. The third-order valence-corrected chi connectivity index (χ3v) is 2.27. The summed E-state index contributed by atoms with van der Waals surface area (Å²) in [5.41, 5.74) is 6.86. The molecule has 3 nitrogen and oxygen atoms in total. The molecule has 15 heavy (non-hydrogen) atoms. The smallest absolute Gasteiger partial charge is 0.123 e. The maximum absolute atomic E-state index is 12.7. The van der Waals surface area contributed by atoms with E-state index >= 15 is 0 Å². The van der Waals surface area contributed by atoms with Gasteiger partial charge in [0.2, 0.25) is 0 Å². The van der Waals surface area contributed by atoms with E-state index < -0.39 is 0 Å². The summed E-state index contributed by atoms with van der Waals surface area (Å²) in [6.07, 6.45) is 4.07. The Balaban J connectivity index is 2.08. The molecule has 0 saturated carbocycles. The van der Waals surface area contributed by atoms with Gasteiger partial charge in [-0.05, 0) is 17.7 Å². The van der Waals surface area contributed by atoms with E-state index in [1.54, 1.807) is 24.5 Å². The Morgan fingerprint density at radius 2 is 2.07 bits per heavy atom. The molecule has 0 aliphatic carbocycles. The molecule has 0 amide bonds. The van der Waals surface area contributed by atoms with Crippen LogP contribution in [0.4, 0.5) is 4.39 Å². The summed E-state index contributed by atoms with van der Waals surface area (Å²) in [5.74, 6) is 0.593. The van der Waals surface area contributed by atoms with Gasteiger partial charge >= 0.3 is 0 Å². The van der Waals surface area contributed by atoms with Gasteiger partial charge in [0.15, 0.2) is 0 Å². The fraction of sp³-hybridized carbons (Fsp3) is 0.182. The Morgan fingerprint density at radius 1 is 1.33 bits per heavy atom. The first-order chi connectivity index (χ1) is 7.25. The monoisotopic (exact) mass is 205 g/mol. The van der Waals surface area contributed by atoms with Crippen LogP contribution in [0.1, 0.15) is 17.4 Å². The molecule has 0 saturated heterocycles. The summed E-state index contributed by atoms with van der Waals surface area (Å²) in [7, 11) is 0. The van der Waals surface area contributed by atoms with Crippen molar-refractivity contribution in [3.63, 3.8) is 0 Å². The molecule has 0 spiro atoms. The van der Waals surface area contributed by atoms with E-state index in [1.165, 1.54) is 12.1 Å². The molecule has 1 aromatic carbocycles. The second-order valence-electron chi connectivity index (χ2n) is 3.40. The number of imidazole rings is 1. The van der Waals surface area contributed by atoms with Crippen LogP contribution in [0.2, 0.25) is 0 Å². The molecule has 1 heterocycles. The van der Waals surface area contributed by atoms with Gasteiger partial charge in [-0.25, -0.2) is 9.37 Å². The number of benzene rings is 1. The summed E-state index contributed by atoms with van der Waals surface area (Å²) in [4.78, 5) is 7.07. The van der Waals surface area contributed by atoms with Gasteiger partial charge < -0.3 is 10.7 Å². The van der Waals surface area contributed by atoms with Crippen molar-refractivity contribution >= 4 is 0 Å². The molecule has 0 bridgehead atoms. The van der Waals surface area contributed by atoms with Crippen molar-refractivity contribution < 1.29 is 4.39 Å². The first-order valence-electron chi connectivity index (χ1n) is 4.75. The summed E-state index contributed by atoms with van der Waals surface area (Å²) < 4.78 is 12.7. The number of aromatic nitrogens is 2. The summed E-state index contributed by atoms with van der Waals surface area (Å²) in [6.45, 7) is 0. The van der Waals surface area contributed by atoms with Crippen molar-refractivity contribution in [3.05, 3.63) is 53.9 Å². The van der Waals surface area contributed by atoms with Crippen molar-refractivity contribution in [3.8, 4) is 0 Å². The lowest BCUT2D eigenvalue weighted by Gasteiger charge is -2.09. The van der Waals surface area contributed by atoms with Gasteiger partial charge in [-0.2, -0.15) is 0 Å². The van der Waals surface area contributed by atoms with Gasteiger partial charge in [0, 0.05) is 24.9 Å². The van der Waals surface area contributed by atoms with E-state index in [0.717, 1.165) is 11.4 Å². The van der Waals surface area contributed by atoms with Crippen molar-refractivity contribution in [2.75, 3.05) is 0 Å². The lowest BCUT2D eigenvalue weighted by Crippen LogP contribution is -2.14. The van der Waals surface area contributed by atoms with Crippen molar-refractivity contribution in [1.82, 2.24) is 9.97 Å². The zero-order chi connectivity index (χ0) is 10.7. The molecule has 2 rings (SSSR count). The van der Waals surface area contributed by atoms with Crippen LogP contribution >= 0.6 is 0 Å². The Labute approximate surface area is 87.2 Å². The van der Waals surface area contributed by atoms with Crippen LogP contribution < -0.4 is 5.73 Å². The quantitative estimate of drug-likeness (QED) is 0.802. The van der Waals surface area contributed by atoms with E-state index in [2.05, 4.69) is 9.97 Å². The van der Waals surface area contributed by atoms with Crippen LogP contribution in [0.25, 0.3) is 0 Å². The normalized spacial score (nSPS) is 12.7. The van der Waals surface area contributed by atoms with Crippen LogP contribution in [-0.2, 0) is 6.42 Å². The minimum Gasteiger partial charge on any atom is -0.349 e. The average molecular weight is 205 g/mol. The number of halogens is 1. The first kappa shape index (κ1) is 9.86. The zero-order valence-corrected chi connectivity index (χ0v) is 8.15. The molecule has 4 heteroatoms. The molecule has 78 valence electrons. The number of nitrogens with two attached hydrogens (primary N) is 1. The number of nitrogens with zero attached hydrogens (tertiary/aromatic N) is 1. The number of hydrogen-bond donors (Lipinski definition) is 2. The minimum absolute atomic E-state index is 0.156. The second kappa shape index (κ2) is 4.23. The van der Waals surface area contributed by atoms with E-state index in [0.29, 0.717) is 6.42 Å². The van der Waals surface area contributed by atoms with Crippen LogP contribution in [0.3, 0.4) is 0 Å². The fourth-order valence-electron chi connectivity index (χ4n) is 1.45. The van der Waals surface area contributed by atoms with Crippen molar-refractivity contribution in [2.24, 2.45) is 5.73 Å². The maximum atomic E-state index is 12.7. The third-order valence-electron chi connectivity index (χ3n) is 2.27. The zero-order valence-electron chi connectivity index (χ0n) is 8.15. The Bertz CT molecular complexity index is 408. The van der Waals surface area contributed by atoms with Gasteiger partial charge in [-0.3, -0.25) is 0 Å². The van der Waals surface area contributed by atoms with Gasteiger partial charge in [0.25, 0.3) is 0 Å². The third kappa shape index (κ3) is 2.41. The Morgan fingerprint density at radius 3 is 2.67 bits per heavy atom. The van der Waals surface area contributed by atoms with Crippen LogP contribution in [0.15, 0.2) is 36.7 Å². The van der Waals surface area contributed by atoms with E-state index in [-0.39, 0.29) is 11.9 Å². The van der Waals surface area contributed by atoms with Gasteiger partial charge in [0.1, 0.15) is 11.6 Å². The molecule has 1 atom stereocenters. The minimum atomic E-state index is -0.246. The van der Waals surface area contributed by atoms with E-state index in [4.69, 9.17) is 5.73 Å². The first-order valence-corrected chi connectivity index (χ1v) is 4.75. The van der Waals surface area contributed by atoms with Gasteiger partial charge in [0.05, 0.1) is 0 Å². The van der Waals surface area contributed by atoms with Gasteiger partial charge in [-0.1, -0.05) is 12.1 Å².